The van der Waals surface area contributed by atoms with Crippen molar-refractivity contribution in [3.05, 3.63) is 23.8 Å². The van der Waals surface area contributed by atoms with Crippen LogP contribution in [0.25, 0.3) is 0 Å². The molecule has 2 aliphatic rings. The zero-order valence-corrected chi connectivity index (χ0v) is 10.8. The second kappa shape index (κ2) is 4.47. The van der Waals surface area contributed by atoms with Crippen LogP contribution in [0.1, 0.15) is 38.2 Å². The van der Waals surface area contributed by atoms with Crippen molar-refractivity contribution in [3.8, 4) is 11.5 Å². The number of aliphatic hydroxyl groups is 1. The van der Waals surface area contributed by atoms with Gasteiger partial charge in [-0.15, -0.1) is 0 Å². The predicted octanol–water partition coefficient (Wildman–Crippen LogP) is 2.86. The van der Waals surface area contributed by atoms with Gasteiger partial charge in [-0.1, -0.05) is 25.3 Å². The molecule has 1 aromatic rings. The Labute approximate surface area is 108 Å². The molecule has 3 rings (SSSR count). The summed E-state index contributed by atoms with van der Waals surface area (Å²) in [6, 6.07) is 5.78. The molecular weight excluding hydrogens is 228 g/mol. The summed E-state index contributed by atoms with van der Waals surface area (Å²) < 4.78 is 11.1. The van der Waals surface area contributed by atoms with Crippen molar-refractivity contribution in [2.24, 2.45) is 5.92 Å². The van der Waals surface area contributed by atoms with Crippen LogP contribution in [0.3, 0.4) is 0 Å². The summed E-state index contributed by atoms with van der Waals surface area (Å²) in [4.78, 5) is 0. The van der Waals surface area contributed by atoms with Crippen LogP contribution in [0.4, 0.5) is 0 Å². The van der Waals surface area contributed by atoms with Crippen LogP contribution >= 0.6 is 0 Å². The van der Waals surface area contributed by atoms with Gasteiger partial charge in [0.05, 0.1) is 5.60 Å². The Hall–Kier alpha value is -1.22. The number of hydrogen-bond donors (Lipinski definition) is 1. The fraction of sp³-hybridized carbons (Fsp3) is 0.600. The zero-order valence-electron chi connectivity index (χ0n) is 10.8. The van der Waals surface area contributed by atoms with Gasteiger partial charge in [-0.25, -0.2) is 0 Å². The molecule has 0 amide bonds. The molecule has 1 aliphatic heterocycles. The van der Waals surface area contributed by atoms with E-state index in [0.29, 0.717) is 19.1 Å². The Kier molecular flexibility index (Phi) is 2.94. The zero-order chi connectivity index (χ0) is 12.6. The summed E-state index contributed by atoms with van der Waals surface area (Å²) in [5, 5.41) is 10.6. The predicted molar refractivity (Wildman–Crippen MR) is 69.0 cm³/mol. The largest absolute Gasteiger partial charge is 0.486 e. The average molecular weight is 248 g/mol. The van der Waals surface area contributed by atoms with Gasteiger partial charge in [0.15, 0.2) is 11.5 Å². The molecule has 1 saturated carbocycles. The molecule has 0 radical (unpaired) electrons. The molecule has 1 unspecified atom stereocenters. The summed E-state index contributed by atoms with van der Waals surface area (Å²) in [7, 11) is 0. The van der Waals surface area contributed by atoms with E-state index in [2.05, 4.69) is 0 Å². The third-order valence-electron chi connectivity index (χ3n) is 4.07. The highest BCUT2D eigenvalue weighted by Gasteiger charge is 2.31. The molecule has 0 spiro atoms. The Bertz CT molecular complexity index is 435. The van der Waals surface area contributed by atoms with Gasteiger partial charge < -0.3 is 14.6 Å². The van der Waals surface area contributed by atoms with E-state index in [1.54, 1.807) is 0 Å². The fourth-order valence-corrected chi connectivity index (χ4v) is 2.76. The minimum absolute atomic E-state index is 0.585. The Morgan fingerprint density at radius 1 is 1.22 bits per heavy atom. The standard InChI is InChI=1S/C15H20O3/c1-15(16,10-11-3-2-4-11)12-5-6-13-14(9-12)18-8-7-17-13/h5-6,9,11,16H,2-4,7-8,10H2,1H3. The summed E-state index contributed by atoms with van der Waals surface area (Å²) in [6.07, 6.45) is 4.65. The van der Waals surface area contributed by atoms with Crippen molar-refractivity contribution in [2.75, 3.05) is 13.2 Å². The average Bonchev–Trinajstić information content (AvgIpc) is 2.33. The number of benzene rings is 1. The lowest BCUT2D eigenvalue weighted by Gasteiger charge is -2.34. The van der Waals surface area contributed by atoms with E-state index in [4.69, 9.17) is 9.47 Å². The minimum Gasteiger partial charge on any atom is -0.486 e. The molecule has 1 heterocycles. The second-order valence-electron chi connectivity index (χ2n) is 5.63. The molecule has 0 bridgehead atoms. The molecular formula is C15H20O3. The first-order valence-electron chi connectivity index (χ1n) is 6.78. The summed E-state index contributed by atoms with van der Waals surface area (Å²) in [6.45, 7) is 3.09. The first-order chi connectivity index (χ1) is 8.65. The lowest BCUT2D eigenvalue weighted by Crippen LogP contribution is -2.28. The van der Waals surface area contributed by atoms with E-state index in [-0.39, 0.29) is 0 Å². The molecule has 0 saturated heterocycles. The van der Waals surface area contributed by atoms with Crippen LogP contribution < -0.4 is 9.47 Å². The fourth-order valence-electron chi connectivity index (χ4n) is 2.76. The highest BCUT2D eigenvalue weighted by Crippen LogP contribution is 2.40. The van der Waals surface area contributed by atoms with Gasteiger partial charge in [-0.2, -0.15) is 0 Å². The third-order valence-corrected chi connectivity index (χ3v) is 4.07. The van der Waals surface area contributed by atoms with Crippen molar-refractivity contribution in [3.63, 3.8) is 0 Å². The number of fused-ring (bicyclic) bond motifs is 1. The van der Waals surface area contributed by atoms with Crippen LogP contribution in [0.15, 0.2) is 18.2 Å². The van der Waals surface area contributed by atoms with E-state index in [1.807, 2.05) is 25.1 Å². The third kappa shape index (κ3) is 2.19. The Balaban J connectivity index is 1.81. The SMILES string of the molecule is CC(O)(CC1CCC1)c1ccc2c(c1)OCCO2. The number of ether oxygens (including phenoxy) is 2. The molecule has 3 nitrogen and oxygen atoms in total. The van der Waals surface area contributed by atoms with Crippen LogP contribution in [-0.4, -0.2) is 18.3 Å². The monoisotopic (exact) mass is 248 g/mol. The van der Waals surface area contributed by atoms with Crippen molar-refractivity contribution in [1.29, 1.82) is 0 Å². The van der Waals surface area contributed by atoms with E-state index < -0.39 is 5.60 Å². The van der Waals surface area contributed by atoms with E-state index >= 15 is 0 Å². The highest BCUT2D eigenvalue weighted by molar-refractivity contribution is 5.45. The van der Waals surface area contributed by atoms with E-state index in [0.717, 1.165) is 23.5 Å². The van der Waals surface area contributed by atoms with Gasteiger partial charge >= 0.3 is 0 Å². The molecule has 1 aliphatic carbocycles. The molecule has 1 N–H and O–H groups in total. The summed E-state index contributed by atoms with van der Waals surface area (Å²) >= 11 is 0. The Morgan fingerprint density at radius 3 is 2.61 bits per heavy atom. The van der Waals surface area contributed by atoms with Crippen LogP contribution in [0.2, 0.25) is 0 Å². The molecule has 1 aromatic carbocycles. The van der Waals surface area contributed by atoms with Crippen molar-refractivity contribution >= 4 is 0 Å². The van der Waals surface area contributed by atoms with Gasteiger partial charge in [0.25, 0.3) is 0 Å². The van der Waals surface area contributed by atoms with Gasteiger partial charge in [0, 0.05) is 0 Å². The van der Waals surface area contributed by atoms with E-state index in [9.17, 15) is 5.11 Å². The maximum atomic E-state index is 10.6. The minimum atomic E-state index is -0.763. The van der Waals surface area contributed by atoms with Gasteiger partial charge in [0.2, 0.25) is 0 Å². The van der Waals surface area contributed by atoms with E-state index in [1.165, 1.54) is 19.3 Å². The van der Waals surface area contributed by atoms with Crippen LogP contribution in [-0.2, 0) is 5.60 Å². The quantitative estimate of drug-likeness (QED) is 0.894. The summed E-state index contributed by atoms with van der Waals surface area (Å²) in [5.74, 6) is 2.21. The smallest absolute Gasteiger partial charge is 0.161 e. The van der Waals surface area contributed by atoms with Crippen molar-refractivity contribution in [2.45, 2.75) is 38.2 Å². The summed E-state index contributed by atoms with van der Waals surface area (Å²) in [5.41, 5.74) is 0.166. The van der Waals surface area contributed by atoms with Crippen LogP contribution in [0, 0.1) is 5.92 Å². The molecule has 1 fully saturated rings. The molecule has 1 atom stereocenters. The Morgan fingerprint density at radius 2 is 1.94 bits per heavy atom. The lowest BCUT2D eigenvalue weighted by molar-refractivity contribution is 0.0157. The molecule has 3 heteroatoms. The maximum absolute atomic E-state index is 10.6. The second-order valence-corrected chi connectivity index (χ2v) is 5.63. The van der Waals surface area contributed by atoms with Gasteiger partial charge in [-0.3, -0.25) is 0 Å². The molecule has 18 heavy (non-hydrogen) atoms. The maximum Gasteiger partial charge on any atom is 0.161 e. The van der Waals surface area contributed by atoms with Gasteiger partial charge in [0.1, 0.15) is 13.2 Å². The normalized spacial score (nSPS) is 22.1. The topological polar surface area (TPSA) is 38.7 Å². The molecule has 98 valence electrons. The lowest BCUT2D eigenvalue weighted by atomic mass is 9.76. The van der Waals surface area contributed by atoms with Crippen molar-refractivity contribution < 1.29 is 14.6 Å². The van der Waals surface area contributed by atoms with Gasteiger partial charge in [-0.05, 0) is 37.0 Å². The number of rotatable bonds is 3. The van der Waals surface area contributed by atoms with Crippen molar-refractivity contribution in [1.82, 2.24) is 0 Å². The number of hydrogen-bond acceptors (Lipinski definition) is 3. The first-order valence-corrected chi connectivity index (χ1v) is 6.78. The molecule has 0 aromatic heterocycles. The first kappa shape index (κ1) is 11.8. The highest BCUT2D eigenvalue weighted by atomic mass is 16.6. The van der Waals surface area contributed by atoms with Crippen LogP contribution in [0.5, 0.6) is 11.5 Å².